The van der Waals surface area contributed by atoms with E-state index in [1.165, 1.54) is 15.8 Å². The quantitative estimate of drug-likeness (QED) is 0.0632. The van der Waals surface area contributed by atoms with E-state index >= 15 is 0 Å². The molecule has 3 aliphatic heterocycles. The van der Waals surface area contributed by atoms with Crippen molar-refractivity contribution in [1.29, 1.82) is 0 Å². The number of ether oxygens (including phenoxy) is 6. The number of cyclic esters (lactones) is 1. The largest absolute Gasteiger partial charge is 0.479 e. The second-order valence-electron chi connectivity index (χ2n) is 20.7. The Morgan fingerprint density at radius 1 is 1.00 bits per heavy atom. The molecule has 15 heteroatoms. The number of allylic oxidation sites excluding steroid dienone is 2. The lowest BCUT2D eigenvalue weighted by Crippen LogP contribution is -2.64. The molecule has 3 N–H and O–H groups in total. The minimum Gasteiger partial charge on any atom is -0.479 e. The van der Waals surface area contributed by atoms with Gasteiger partial charge in [0.15, 0.2) is 12.2 Å². The van der Waals surface area contributed by atoms with Gasteiger partial charge in [0.1, 0.15) is 29.6 Å². The Morgan fingerprint density at radius 2 is 1.73 bits per heavy atom. The van der Waals surface area contributed by atoms with Crippen molar-refractivity contribution < 1.29 is 57.5 Å². The summed E-state index contributed by atoms with van der Waals surface area (Å²) in [7, 11) is 4.75. The number of aromatic nitrogens is 1. The van der Waals surface area contributed by atoms with Gasteiger partial charge in [-0.3, -0.25) is 14.4 Å². The molecule has 1 saturated carbocycles. The van der Waals surface area contributed by atoms with Crippen molar-refractivity contribution in [3.05, 3.63) is 65.6 Å². The van der Waals surface area contributed by atoms with Gasteiger partial charge >= 0.3 is 5.97 Å². The average Bonchev–Trinajstić information content (AvgIpc) is 3.77. The highest BCUT2D eigenvalue weighted by Gasteiger charge is 2.56. The summed E-state index contributed by atoms with van der Waals surface area (Å²) < 4.78 is 37.0. The molecule has 1 aromatic heterocycles. The van der Waals surface area contributed by atoms with Gasteiger partial charge in [-0.25, -0.2) is 9.59 Å². The van der Waals surface area contributed by atoms with Crippen LogP contribution in [0.15, 0.2) is 60.0 Å². The number of nitrogens with one attached hydrogen (secondary N) is 2. The van der Waals surface area contributed by atoms with E-state index in [0.717, 1.165) is 23.8 Å². The van der Waals surface area contributed by atoms with Gasteiger partial charge in [0.25, 0.3) is 11.7 Å². The summed E-state index contributed by atoms with van der Waals surface area (Å²) in [4.78, 5) is 74.0. The third-order valence-corrected chi connectivity index (χ3v) is 15.6. The van der Waals surface area contributed by atoms with Crippen LogP contribution in [-0.4, -0.2) is 133 Å². The molecule has 3 fully saturated rings. The highest BCUT2D eigenvalue weighted by Crippen LogP contribution is 2.40. The van der Waals surface area contributed by atoms with Gasteiger partial charge in [-0.2, -0.15) is 0 Å². The third-order valence-electron chi connectivity index (χ3n) is 15.6. The van der Waals surface area contributed by atoms with Gasteiger partial charge in [-0.1, -0.05) is 57.5 Å². The van der Waals surface area contributed by atoms with Crippen LogP contribution in [0.2, 0.25) is 0 Å². The van der Waals surface area contributed by atoms with E-state index in [-0.39, 0.29) is 61.5 Å². The van der Waals surface area contributed by atoms with Gasteiger partial charge in [0.2, 0.25) is 5.79 Å². The van der Waals surface area contributed by atoms with Crippen molar-refractivity contribution in [2.75, 3.05) is 34.4 Å². The molecule has 15 nitrogen and oxygen atoms in total. The van der Waals surface area contributed by atoms with Crippen LogP contribution in [0.3, 0.4) is 0 Å². The summed E-state index contributed by atoms with van der Waals surface area (Å²) in [6.45, 7) is 12.3. The minimum absolute atomic E-state index is 0.0171. The predicted octanol–water partition coefficient (Wildman–Crippen LogP) is 7.31. The molecule has 2 saturated heterocycles. The molecule has 2 aromatic rings. The van der Waals surface area contributed by atoms with Gasteiger partial charge in [-0.15, -0.1) is 0 Å². The first-order valence-corrected chi connectivity index (χ1v) is 25.6. The number of esters is 1. The highest BCUT2D eigenvalue weighted by atomic mass is 16.7. The van der Waals surface area contributed by atoms with E-state index in [4.69, 9.17) is 28.4 Å². The normalized spacial score (nSPS) is 34.7. The molecular weight excluding hydrogens is 895 g/mol. The molecule has 0 radical (unpaired) electrons. The number of para-hydroxylation sites is 1. The Labute approximate surface area is 414 Å². The first kappa shape index (κ1) is 54.9. The molecule has 6 rings (SSSR count). The lowest BCUT2D eigenvalue weighted by molar-refractivity contribution is -0.302. The van der Waals surface area contributed by atoms with Gasteiger partial charge in [-0.05, 0) is 126 Å². The van der Waals surface area contributed by atoms with Crippen molar-refractivity contribution in [2.45, 2.75) is 179 Å². The number of H-pyrrole nitrogens is 1. The van der Waals surface area contributed by atoms with Crippen LogP contribution in [-0.2, 0) is 58.8 Å². The number of aliphatic hydroxyl groups is 1. The van der Waals surface area contributed by atoms with Crippen molar-refractivity contribution in [3.63, 3.8) is 0 Å². The van der Waals surface area contributed by atoms with Gasteiger partial charge < -0.3 is 48.7 Å². The number of rotatable bonds is 12. The number of ketones is 2. The number of carbonyl (C=O) groups excluding carboxylic acids is 5. The molecule has 13 unspecified atom stereocenters. The van der Waals surface area contributed by atoms with Crippen LogP contribution in [0.4, 0.5) is 0 Å². The number of carbonyl (C=O) groups is 4. The van der Waals surface area contributed by atoms with E-state index < -0.39 is 65.4 Å². The highest BCUT2D eigenvalue weighted by molar-refractivity contribution is 6.39. The maximum atomic E-state index is 14.7. The molecule has 1 aliphatic carbocycles. The van der Waals surface area contributed by atoms with Crippen LogP contribution < -0.4 is 5.32 Å². The zero-order chi connectivity index (χ0) is 50.8. The first-order chi connectivity index (χ1) is 33.5. The fraction of sp³-hybridized carbons (Fsp3) is 0.673. The van der Waals surface area contributed by atoms with Crippen molar-refractivity contribution >= 4 is 40.3 Å². The van der Waals surface area contributed by atoms with E-state index in [0.29, 0.717) is 69.9 Å². The van der Waals surface area contributed by atoms with Crippen LogP contribution in [0, 0.1) is 23.7 Å². The van der Waals surface area contributed by atoms with Crippen molar-refractivity contribution in [2.24, 2.45) is 23.7 Å². The molecule has 70 heavy (non-hydrogen) atoms. The fourth-order valence-corrected chi connectivity index (χ4v) is 11.7. The zero-order valence-corrected chi connectivity index (χ0v) is 43.0. The number of hydrogen-bond donors (Lipinski definition) is 3. The number of Topliss-reactive ketones (excluding diaryl/α,β-unsaturated/α-hetero) is 2. The lowest BCUT2D eigenvalue weighted by Gasteiger charge is -2.47. The summed E-state index contributed by atoms with van der Waals surface area (Å²) in [5.41, 5.74) is 2.95. The zero-order valence-electron chi connectivity index (χ0n) is 43.0. The minimum atomic E-state index is -2.52. The van der Waals surface area contributed by atoms with E-state index in [1.54, 1.807) is 34.2 Å². The number of amides is 1. The molecule has 1 aromatic carbocycles. The fourth-order valence-electron chi connectivity index (χ4n) is 11.7. The standard InChI is InChI=1S/C55H79N3O12/c1-10-39-28-34(2)27-35(3)29-46(65-7)50-47(66-8)30-38(6)55(64,70-50)51(61)52(62)58-24-14-13-17-44(58)53(63)69-49(36(4)18-19-45(39)60)37(5)31-54(68-26-25-59)22-20-43(48(32-54)67-9)56-23-21-40-33-57-42-16-12-11-15-41(40)42/h11-12,15-16,26,28,31,33,35-36,38-39,43-44,46-50,56-57,64H,10,13-14,17-24,27,29-30,32H2,1-9H3. The second-order valence-corrected chi connectivity index (χ2v) is 20.7. The second kappa shape index (κ2) is 24.8. The Bertz CT molecular complexity index is 2230. The molecule has 2 bridgehead atoms. The number of benzene rings is 1. The lowest BCUT2D eigenvalue weighted by atomic mass is 9.77. The van der Waals surface area contributed by atoms with Crippen molar-refractivity contribution in [1.82, 2.24) is 15.2 Å². The van der Waals surface area contributed by atoms with E-state index in [1.807, 2.05) is 52.1 Å². The number of methoxy groups -OCH3 is 3. The van der Waals surface area contributed by atoms with Gasteiger partial charge in [0, 0.05) is 75.7 Å². The van der Waals surface area contributed by atoms with Gasteiger partial charge in [0.05, 0.1) is 18.3 Å². The summed E-state index contributed by atoms with van der Waals surface area (Å²) in [5, 5.41) is 17.1. The van der Waals surface area contributed by atoms with Crippen LogP contribution in [0.1, 0.15) is 124 Å². The maximum Gasteiger partial charge on any atom is 0.329 e. The molecular formula is C55H79N3O12. The molecule has 4 aliphatic rings. The first-order valence-electron chi connectivity index (χ1n) is 25.6. The SMILES string of the molecule is CCC1C=C(C)CC(C)CC(OC)C2OC(O)(C(=O)C(=O)N3CCCCC3C(=O)OC(C(C)=CC3(OC=C=O)CCC(NCCc4c[nH]c5ccccc45)C(OC)C3)C(C)CCC1=O)C(C)CC2OC. The summed E-state index contributed by atoms with van der Waals surface area (Å²) >= 11 is 0. The molecule has 386 valence electrons. The third kappa shape index (κ3) is 12.8. The number of piperidine rings is 1. The number of nitrogens with zero attached hydrogens (tertiary/aromatic N) is 1. The molecule has 1 amide bonds. The Balaban J connectivity index is 1.31. The van der Waals surface area contributed by atoms with Crippen LogP contribution in [0.25, 0.3) is 10.9 Å². The average molecular weight is 974 g/mol. The topological polar surface area (TPSA) is 192 Å². The van der Waals surface area contributed by atoms with Crippen molar-refractivity contribution in [3.8, 4) is 0 Å². The summed E-state index contributed by atoms with van der Waals surface area (Å²) in [6, 6.07) is 7.07. The smallest absolute Gasteiger partial charge is 0.329 e. The number of fused-ring (bicyclic) bond motifs is 4. The number of aromatic amines is 1. The summed E-state index contributed by atoms with van der Waals surface area (Å²) in [5.74, 6) is -5.04. The van der Waals surface area contributed by atoms with E-state index in [2.05, 4.69) is 35.4 Å². The summed E-state index contributed by atoms with van der Waals surface area (Å²) in [6.07, 6.45) is 10.1. The molecule has 4 heterocycles. The van der Waals surface area contributed by atoms with Crippen LogP contribution >= 0.6 is 0 Å². The monoisotopic (exact) mass is 974 g/mol. The Hall–Kier alpha value is -4.47. The molecule has 0 spiro atoms. The molecule has 13 atom stereocenters. The van der Waals surface area contributed by atoms with E-state index in [9.17, 15) is 29.1 Å². The Morgan fingerprint density at radius 3 is 2.44 bits per heavy atom. The number of hydrogen-bond acceptors (Lipinski definition) is 13. The predicted molar refractivity (Wildman–Crippen MR) is 265 cm³/mol. The Kier molecular flexibility index (Phi) is 19.4. The van der Waals surface area contributed by atoms with Crippen LogP contribution in [0.5, 0.6) is 0 Å². The maximum absolute atomic E-state index is 14.7.